The molecular formula is C17H16N4O2S. The standard InChI is InChI=1S/C17H16N4O2S/c1-11-17(24-16-6-4-3-5-15(16)18)12(2)20(19-11)13-7-9-14(10-8-13)21(22)23/h3-10H,18H2,1-2H3. The maximum atomic E-state index is 10.8. The van der Waals surface area contributed by atoms with Crippen LogP contribution in [0.15, 0.2) is 58.3 Å². The fourth-order valence-electron chi connectivity index (χ4n) is 2.43. The highest BCUT2D eigenvalue weighted by Crippen LogP contribution is 2.36. The van der Waals surface area contributed by atoms with Crippen molar-refractivity contribution in [2.45, 2.75) is 23.6 Å². The first-order valence-corrected chi connectivity index (χ1v) is 8.12. The number of hydrogen-bond acceptors (Lipinski definition) is 5. The van der Waals surface area contributed by atoms with Gasteiger partial charge in [-0.1, -0.05) is 23.9 Å². The minimum atomic E-state index is -0.412. The van der Waals surface area contributed by atoms with Crippen molar-refractivity contribution >= 4 is 23.1 Å². The first-order valence-electron chi connectivity index (χ1n) is 7.31. The number of hydrogen-bond donors (Lipinski definition) is 1. The lowest BCUT2D eigenvalue weighted by Crippen LogP contribution is -1.99. The third kappa shape index (κ3) is 2.98. The van der Waals surface area contributed by atoms with Crippen molar-refractivity contribution in [2.24, 2.45) is 0 Å². The normalized spacial score (nSPS) is 10.8. The Morgan fingerprint density at radius 1 is 1.12 bits per heavy atom. The molecule has 0 saturated heterocycles. The lowest BCUT2D eigenvalue weighted by molar-refractivity contribution is -0.384. The zero-order chi connectivity index (χ0) is 17.3. The Hall–Kier alpha value is -2.80. The van der Waals surface area contributed by atoms with Gasteiger partial charge >= 0.3 is 0 Å². The molecule has 2 aromatic carbocycles. The minimum Gasteiger partial charge on any atom is -0.398 e. The second kappa shape index (κ2) is 6.37. The largest absolute Gasteiger partial charge is 0.398 e. The highest BCUT2D eigenvalue weighted by Gasteiger charge is 2.15. The number of para-hydroxylation sites is 1. The van der Waals surface area contributed by atoms with Crippen LogP contribution in [0.2, 0.25) is 0 Å². The second-order valence-corrected chi connectivity index (χ2v) is 6.38. The second-order valence-electron chi connectivity index (χ2n) is 5.33. The molecular weight excluding hydrogens is 324 g/mol. The molecule has 7 heteroatoms. The van der Waals surface area contributed by atoms with Crippen molar-refractivity contribution in [2.75, 3.05) is 5.73 Å². The molecule has 24 heavy (non-hydrogen) atoms. The topological polar surface area (TPSA) is 87.0 Å². The van der Waals surface area contributed by atoms with Gasteiger partial charge in [0.2, 0.25) is 0 Å². The number of nitro groups is 1. The van der Waals surface area contributed by atoms with Crippen LogP contribution in [0.5, 0.6) is 0 Å². The smallest absolute Gasteiger partial charge is 0.269 e. The summed E-state index contributed by atoms with van der Waals surface area (Å²) in [5, 5.41) is 15.3. The number of anilines is 1. The predicted octanol–water partition coefficient (Wildman–Crippen LogP) is 4.13. The Morgan fingerprint density at radius 3 is 2.42 bits per heavy atom. The van der Waals surface area contributed by atoms with Gasteiger partial charge in [-0.15, -0.1) is 0 Å². The van der Waals surface area contributed by atoms with Crippen LogP contribution in [-0.4, -0.2) is 14.7 Å². The monoisotopic (exact) mass is 340 g/mol. The average Bonchev–Trinajstić information content (AvgIpc) is 2.85. The maximum absolute atomic E-state index is 10.8. The third-order valence-corrected chi connectivity index (χ3v) is 5.05. The van der Waals surface area contributed by atoms with Crippen LogP contribution in [0.25, 0.3) is 5.69 Å². The molecule has 122 valence electrons. The van der Waals surface area contributed by atoms with Crippen LogP contribution in [-0.2, 0) is 0 Å². The highest BCUT2D eigenvalue weighted by atomic mass is 32.2. The first-order chi connectivity index (χ1) is 11.5. The summed E-state index contributed by atoms with van der Waals surface area (Å²) in [6.45, 7) is 3.92. The fourth-order valence-corrected chi connectivity index (χ4v) is 3.40. The van der Waals surface area contributed by atoms with Gasteiger partial charge in [0, 0.05) is 22.7 Å². The number of nitro benzene ring substituents is 1. The number of nitrogens with zero attached hydrogens (tertiary/aromatic N) is 3. The van der Waals surface area contributed by atoms with Crippen LogP contribution >= 0.6 is 11.8 Å². The number of benzene rings is 2. The highest BCUT2D eigenvalue weighted by molar-refractivity contribution is 7.99. The molecule has 0 radical (unpaired) electrons. The Bertz CT molecular complexity index is 903. The van der Waals surface area contributed by atoms with E-state index in [1.165, 1.54) is 12.1 Å². The molecule has 0 aliphatic rings. The van der Waals surface area contributed by atoms with Gasteiger partial charge in [-0.25, -0.2) is 4.68 Å². The predicted molar refractivity (Wildman–Crippen MR) is 94.7 cm³/mol. The van der Waals surface area contributed by atoms with Gasteiger partial charge in [0.15, 0.2) is 0 Å². The minimum absolute atomic E-state index is 0.0620. The molecule has 1 heterocycles. The summed E-state index contributed by atoms with van der Waals surface area (Å²) in [5.74, 6) is 0. The number of non-ortho nitro benzene ring substituents is 1. The van der Waals surface area contributed by atoms with E-state index in [1.54, 1.807) is 28.6 Å². The van der Waals surface area contributed by atoms with Crippen molar-refractivity contribution in [3.63, 3.8) is 0 Å². The molecule has 3 aromatic rings. The number of rotatable bonds is 4. The molecule has 0 aliphatic heterocycles. The molecule has 0 atom stereocenters. The lowest BCUT2D eigenvalue weighted by atomic mass is 10.3. The summed E-state index contributed by atoms with van der Waals surface area (Å²) in [4.78, 5) is 12.4. The molecule has 3 rings (SSSR count). The van der Waals surface area contributed by atoms with Gasteiger partial charge in [0.05, 0.1) is 26.9 Å². The zero-order valence-corrected chi connectivity index (χ0v) is 14.1. The van der Waals surface area contributed by atoms with Crippen molar-refractivity contribution in [3.05, 3.63) is 70.0 Å². The Morgan fingerprint density at radius 2 is 1.79 bits per heavy atom. The molecule has 0 amide bonds. The number of aromatic nitrogens is 2. The molecule has 6 nitrogen and oxygen atoms in total. The van der Waals surface area contributed by atoms with Gasteiger partial charge < -0.3 is 5.73 Å². The summed E-state index contributed by atoms with van der Waals surface area (Å²) in [6.07, 6.45) is 0. The SMILES string of the molecule is Cc1nn(-c2ccc([N+](=O)[O-])cc2)c(C)c1Sc1ccccc1N. The van der Waals surface area contributed by atoms with E-state index in [1.807, 2.05) is 38.1 Å². The maximum Gasteiger partial charge on any atom is 0.269 e. The fraction of sp³-hybridized carbons (Fsp3) is 0.118. The van der Waals surface area contributed by atoms with Crippen molar-refractivity contribution in [1.29, 1.82) is 0 Å². The molecule has 0 aliphatic carbocycles. The molecule has 0 unspecified atom stereocenters. The van der Waals surface area contributed by atoms with Crippen LogP contribution in [0.3, 0.4) is 0 Å². The third-order valence-electron chi connectivity index (χ3n) is 3.66. The Labute approximate surface area is 143 Å². The van der Waals surface area contributed by atoms with E-state index in [-0.39, 0.29) is 5.69 Å². The van der Waals surface area contributed by atoms with Crippen LogP contribution in [0, 0.1) is 24.0 Å². The van der Waals surface area contributed by atoms with E-state index in [0.29, 0.717) is 0 Å². The van der Waals surface area contributed by atoms with Crippen molar-refractivity contribution < 1.29 is 4.92 Å². The molecule has 0 fully saturated rings. The van der Waals surface area contributed by atoms with E-state index in [4.69, 9.17) is 5.73 Å². The molecule has 1 aromatic heterocycles. The summed E-state index contributed by atoms with van der Waals surface area (Å²) < 4.78 is 1.79. The summed E-state index contributed by atoms with van der Waals surface area (Å²) in [6, 6.07) is 14.0. The molecule has 0 spiro atoms. The number of nitrogen functional groups attached to an aromatic ring is 1. The quantitative estimate of drug-likeness (QED) is 0.438. The lowest BCUT2D eigenvalue weighted by Gasteiger charge is -2.07. The van der Waals surface area contributed by atoms with E-state index in [9.17, 15) is 10.1 Å². The van der Waals surface area contributed by atoms with Gasteiger partial charge in [0.1, 0.15) is 0 Å². The first kappa shape index (κ1) is 16.1. The van der Waals surface area contributed by atoms with Crippen molar-refractivity contribution in [3.8, 4) is 5.69 Å². The summed E-state index contributed by atoms with van der Waals surface area (Å²) in [7, 11) is 0. The summed E-state index contributed by atoms with van der Waals surface area (Å²) in [5.41, 5.74) is 9.45. The van der Waals surface area contributed by atoms with Crippen LogP contribution in [0.1, 0.15) is 11.4 Å². The van der Waals surface area contributed by atoms with Gasteiger partial charge in [-0.2, -0.15) is 5.10 Å². The van der Waals surface area contributed by atoms with Crippen LogP contribution in [0.4, 0.5) is 11.4 Å². The van der Waals surface area contributed by atoms with E-state index in [2.05, 4.69) is 5.10 Å². The number of nitrogens with two attached hydrogens (primary N) is 1. The van der Waals surface area contributed by atoms with E-state index < -0.39 is 4.92 Å². The van der Waals surface area contributed by atoms with Gasteiger partial charge in [-0.05, 0) is 38.1 Å². The molecule has 0 saturated carbocycles. The molecule has 2 N–H and O–H groups in total. The summed E-state index contributed by atoms with van der Waals surface area (Å²) >= 11 is 1.57. The Kier molecular flexibility index (Phi) is 4.26. The van der Waals surface area contributed by atoms with E-state index in [0.717, 1.165) is 32.6 Å². The van der Waals surface area contributed by atoms with Crippen molar-refractivity contribution in [1.82, 2.24) is 9.78 Å². The Balaban J connectivity index is 1.97. The number of aryl methyl sites for hydroxylation is 1. The molecule has 0 bridgehead atoms. The van der Waals surface area contributed by atoms with Crippen LogP contribution < -0.4 is 5.73 Å². The van der Waals surface area contributed by atoms with Gasteiger partial charge in [-0.3, -0.25) is 10.1 Å². The van der Waals surface area contributed by atoms with Gasteiger partial charge in [0.25, 0.3) is 5.69 Å². The zero-order valence-electron chi connectivity index (χ0n) is 13.3. The average molecular weight is 340 g/mol. The van der Waals surface area contributed by atoms with E-state index >= 15 is 0 Å².